The van der Waals surface area contributed by atoms with Gasteiger partial charge in [-0.3, -0.25) is 0 Å². The molecule has 1 aromatic rings. The number of alkyl carbamates (subject to hydrolysis) is 1. The van der Waals surface area contributed by atoms with Gasteiger partial charge in [-0.05, 0) is 51.8 Å². The van der Waals surface area contributed by atoms with Gasteiger partial charge in [0, 0.05) is 18.8 Å². The standard InChI is InChI=1S/C15H23FN2O2/c1-11-6-7-12(16)10-13(11)17-8-5-9-18-14(19)20-15(2,3)4/h6-7,10,17H,5,8-9H2,1-4H3,(H,18,19). The zero-order valence-electron chi connectivity index (χ0n) is 12.5. The third kappa shape index (κ3) is 6.41. The molecule has 0 aliphatic carbocycles. The van der Waals surface area contributed by atoms with Crippen LogP contribution in [0.25, 0.3) is 0 Å². The molecule has 0 aromatic heterocycles. The number of aryl methyl sites for hydroxylation is 1. The predicted molar refractivity (Wildman–Crippen MR) is 78.5 cm³/mol. The predicted octanol–water partition coefficient (Wildman–Crippen LogP) is 3.46. The second-order valence-corrected chi connectivity index (χ2v) is 5.67. The van der Waals surface area contributed by atoms with Crippen LogP contribution in [-0.4, -0.2) is 24.8 Å². The molecule has 0 spiro atoms. The van der Waals surface area contributed by atoms with Crippen LogP contribution < -0.4 is 10.6 Å². The molecule has 112 valence electrons. The lowest BCUT2D eigenvalue weighted by Crippen LogP contribution is -2.33. The number of nitrogens with one attached hydrogen (secondary N) is 2. The number of hydrogen-bond donors (Lipinski definition) is 2. The SMILES string of the molecule is Cc1ccc(F)cc1NCCCNC(=O)OC(C)(C)C. The number of hydrogen-bond acceptors (Lipinski definition) is 3. The van der Waals surface area contributed by atoms with E-state index in [0.29, 0.717) is 13.1 Å². The van der Waals surface area contributed by atoms with Crippen LogP contribution in [-0.2, 0) is 4.74 Å². The van der Waals surface area contributed by atoms with E-state index in [4.69, 9.17) is 4.74 Å². The van der Waals surface area contributed by atoms with Gasteiger partial charge in [0.05, 0.1) is 0 Å². The number of carbonyl (C=O) groups excluding carboxylic acids is 1. The Morgan fingerprint density at radius 1 is 1.30 bits per heavy atom. The first-order valence-corrected chi connectivity index (χ1v) is 6.75. The first-order valence-electron chi connectivity index (χ1n) is 6.75. The van der Waals surface area contributed by atoms with E-state index in [1.807, 2.05) is 27.7 Å². The monoisotopic (exact) mass is 282 g/mol. The van der Waals surface area contributed by atoms with E-state index in [9.17, 15) is 9.18 Å². The van der Waals surface area contributed by atoms with Gasteiger partial charge < -0.3 is 15.4 Å². The van der Waals surface area contributed by atoms with Crippen molar-refractivity contribution in [2.75, 3.05) is 18.4 Å². The highest BCUT2D eigenvalue weighted by Crippen LogP contribution is 2.15. The molecule has 1 rings (SSSR count). The second-order valence-electron chi connectivity index (χ2n) is 5.67. The number of rotatable bonds is 5. The number of carbonyl (C=O) groups is 1. The van der Waals surface area contributed by atoms with Gasteiger partial charge in [-0.1, -0.05) is 6.07 Å². The van der Waals surface area contributed by atoms with E-state index in [2.05, 4.69) is 10.6 Å². The van der Waals surface area contributed by atoms with Gasteiger partial charge in [0.15, 0.2) is 0 Å². The zero-order chi connectivity index (χ0) is 15.2. The molecule has 2 N–H and O–H groups in total. The van der Waals surface area contributed by atoms with Gasteiger partial charge in [0.25, 0.3) is 0 Å². The fourth-order valence-corrected chi connectivity index (χ4v) is 1.60. The molecule has 5 heteroatoms. The number of anilines is 1. The Hall–Kier alpha value is -1.78. The maximum absolute atomic E-state index is 13.1. The van der Waals surface area contributed by atoms with Crippen LogP contribution >= 0.6 is 0 Å². The molecule has 0 saturated heterocycles. The van der Waals surface area contributed by atoms with Crippen LogP contribution in [0, 0.1) is 12.7 Å². The van der Waals surface area contributed by atoms with Gasteiger partial charge in [-0.25, -0.2) is 9.18 Å². The Balaban J connectivity index is 2.22. The maximum atomic E-state index is 13.1. The van der Waals surface area contributed by atoms with Crippen molar-refractivity contribution in [1.82, 2.24) is 5.32 Å². The summed E-state index contributed by atoms with van der Waals surface area (Å²) in [6.45, 7) is 8.54. The van der Waals surface area contributed by atoms with E-state index in [0.717, 1.165) is 17.7 Å². The minimum atomic E-state index is -0.485. The number of halogens is 1. The molecule has 0 bridgehead atoms. The average Bonchev–Trinajstić information content (AvgIpc) is 2.30. The summed E-state index contributed by atoms with van der Waals surface area (Å²) < 4.78 is 18.2. The van der Waals surface area contributed by atoms with Crippen molar-refractivity contribution in [2.45, 2.75) is 39.7 Å². The fourth-order valence-electron chi connectivity index (χ4n) is 1.60. The van der Waals surface area contributed by atoms with Gasteiger partial charge in [0.1, 0.15) is 11.4 Å². The topological polar surface area (TPSA) is 50.4 Å². The van der Waals surface area contributed by atoms with Crippen LogP contribution in [0.3, 0.4) is 0 Å². The Bertz CT molecular complexity index is 456. The summed E-state index contributed by atoms with van der Waals surface area (Å²) >= 11 is 0. The Labute approximate surface area is 119 Å². The van der Waals surface area contributed by atoms with Crippen LogP contribution in [0.4, 0.5) is 14.9 Å². The molecule has 4 nitrogen and oxygen atoms in total. The average molecular weight is 282 g/mol. The smallest absolute Gasteiger partial charge is 0.407 e. The fraction of sp³-hybridized carbons (Fsp3) is 0.533. The summed E-state index contributed by atoms with van der Waals surface area (Å²) in [5.41, 5.74) is 1.29. The largest absolute Gasteiger partial charge is 0.444 e. The van der Waals surface area contributed by atoms with Crippen LogP contribution in [0.15, 0.2) is 18.2 Å². The van der Waals surface area contributed by atoms with Crippen molar-refractivity contribution in [3.8, 4) is 0 Å². The van der Waals surface area contributed by atoms with Crippen LogP contribution in [0.5, 0.6) is 0 Å². The third-order valence-electron chi connectivity index (χ3n) is 2.54. The molecule has 1 aromatic carbocycles. The third-order valence-corrected chi connectivity index (χ3v) is 2.54. The Morgan fingerprint density at radius 2 is 2.00 bits per heavy atom. The van der Waals surface area contributed by atoms with Crippen molar-refractivity contribution in [1.29, 1.82) is 0 Å². The first-order chi connectivity index (χ1) is 9.28. The molecular weight excluding hydrogens is 259 g/mol. The minimum absolute atomic E-state index is 0.259. The summed E-state index contributed by atoms with van der Waals surface area (Å²) in [5, 5.41) is 5.82. The molecule has 0 radical (unpaired) electrons. The summed E-state index contributed by atoms with van der Waals surface area (Å²) in [4.78, 5) is 11.4. The summed E-state index contributed by atoms with van der Waals surface area (Å²) in [7, 11) is 0. The molecule has 0 aliphatic rings. The lowest BCUT2D eigenvalue weighted by molar-refractivity contribution is 0.0528. The normalized spacial score (nSPS) is 11.1. The van der Waals surface area contributed by atoms with Crippen molar-refractivity contribution < 1.29 is 13.9 Å². The summed E-state index contributed by atoms with van der Waals surface area (Å²) in [6.07, 6.45) is 0.314. The molecule has 0 fully saturated rings. The maximum Gasteiger partial charge on any atom is 0.407 e. The van der Waals surface area contributed by atoms with E-state index in [-0.39, 0.29) is 5.82 Å². The first kappa shape index (κ1) is 16.3. The molecule has 0 heterocycles. The van der Waals surface area contributed by atoms with Crippen molar-refractivity contribution in [3.63, 3.8) is 0 Å². The molecular formula is C15H23FN2O2. The summed E-state index contributed by atoms with van der Waals surface area (Å²) in [6, 6.07) is 4.64. The highest BCUT2D eigenvalue weighted by Gasteiger charge is 2.15. The summed E-state index contributed by atoms with van der Waals surface area (Å²) in [5.74, 6) is -0.259. The van der Waals surface area contributed by atoms with E-state index < -0.39 is 11.7 Å². The molecule has 20 heavy (non-hydrogen) atoms. The number of amides is 1. The highest BCUT2D eigenvalue weighted by atomic mass is 19.1. The van der Waals surface area contributed by atoms with Gasteiger partial charge in [-0.2, -0.15) is 0 Å². The molecule has 0 aliphatic heterocycles. The molecule has 0 unspecified atom stereocenters. The van der Waals surface area contributed by atoms with E-state index in [1.165, 1.54) is 12.1 Å². The van der Waals surface area contributed by atoms with Crippen molar-refractivity contribution in [3.05, 3.63) is 29.6 Å². The Kier molecular flexibility index (Phi) is 5.80. The lowest BCUT2D eigenvalue weighted by atomic mass is 10.2. The van der Waals surface area contributed by atoms with E-state index in [1.54, 1.807) is 6.07 Å². The minimum Gasteiger partial charge on any atom is -0.444 e. The molecule has 0 saturated carbocycles. The van der Waals surface area contributed by atoms with E-state index >= 15 is 0 Å². The number of benzene rings is 1. The lowest BCUT2D eigenvalue weighted by Gasteiger charge is -2.19. The van der Waals surface area contributed by atoms with Crippen LogP contribution in [0.2, 0.25) is 0 Å². The quantitative estimate of drug-likeness (QED) is 0.813. The zero-order valence-corrected chi connectivity index (χ0v) is 12.5. The number of ether oxygens (including phenoxy) is 1. The van der Waals surface area contributed by atoms with Gasteiger partial charge in [0.2, 0.25) is 0 Å². The van der Waals surface area contributed by atoms with Gasteiger partial charge >= 0.3 is 6.09 Å². The molecule has 1 amide bonds. The van der Waals surface area contributed by atoms with Crippen LogP contribution in [0.1, 0.15) is 32.8 Å². The highest BCUT2D eigenvalue weighted by molar-refractivity contribution is 5.67. The van der Waals surface area contributed by atoms with Crippen molar-refractivity contribution >= 4 is 11.8 Å². The Morgan fingerprint density at radius 3 is 2.65 bits per heavy atom. The van der Waals surface area contributed by atoms with Crippen molar-refractivity contribution in [2.24, 2.45) is 0 Å². The second kappa shape index (κ2) is 7.12. The van der Waals surface area contributed by atoms with Gasteiger partial charge in [-0.15, -0.1) is 0 Å². The molecule has 0 atom stereocenters.